The molecule has 0 amide bonds. The number of rotatable bonds is 12. The first-order valence-corrected chi connectivity index (χ1v) is 13.5. The Bertz CT molecular complexity index is 677. The van der Waals surface area contributed by atoms with Crippen LogP contribution in [0.3, 0.4) is 0 Å². The Morgan fingerprint density at radius 3 is 2.38 bits per heavy atom. The Hall–Kier alpha value is -1.35. The van der Waals surface area contributed by atoms with E-state index in [2.05, 4.69) is 49.9 Å². The number of carboxylic acid groups (broad SMARTS) is 1. The number of carboxylic acids is 1. The van der Waals surface area contributed by atoms with Gasteiger partial charge in [0.25, 0.3) is 0 Å². The molecule has 1 N–H and O–H groups in total. The van der Waals surface area contributed by atoms with Crippen molar-refractivity contribution < 1.29 is 9.90 Å². The van der Waals surface area contributed by atoms with E-state index in [0.29, 0.717) is 24.4 Å². The number of carbonyl (C=O) groups is 1. The average Bonchev–Trinajstić information content (AvgIpc) is 3.28. The predicted octanol–water partition coefficient (Wildman–Crippen LogP) is 7.64. The molecule has 3 atom stereocenters. The first-order valence-electron chi connectivity index (χ1n) is 13.5. The Balaban J connectivity index is 1.78. The van der Waals surface area contributed by atoms with Gasteiger partial charge in [0.2, 0.25) is 0 Å². The summed E-state index contributed by atoms with van der Waals surface area (Å²) in [6, 6.07) is 10.3. The van der Waals surface area contributed by atoms with Crippen LogP contribution in [0.15, 0.2) is 24.3 Å². The maximum atomic E-state index is 11.5. The van der Waals surface area contributed by atoms with E-state index in [-0.39, 0.29) is 0 Å². The number of hydrogen-bond donors (Lipinski definition) is 1. The highest BCUT2D eigenvalue weighted by molar-refractivity contribution is 5.67. The summed E-state index contributed by atoms with van der Waals surface area (Å²) in [6.45, 7) is 7.97. The third kappa shape index (κ3) is 7.61. The van der Waals surface area contributed by atoms with Crippen molar-refractivity contribution in [3.8, 4) is 0 Å². The summed E-state index contributed by atoms with van der Waals surface area (Å²) in [7, 11) is 0. The van der Waals surface area contributed by atoms with E-state index >= 15 is 0 Å². The van der Waals surface area contributed by atoms with Crippen LogP contribution in [0.25, 0.3) is 0 Å². The average molecular weight is 442 g/mol. The van der Waals surface area contributed by atoms with Crippen LogP contribution in [0.4, 0.5) is 0 Å². The second-order valence-electron chi connectivity index (χ2n) is 11.1. The molecular weight excluding hydrogens is 394 g/mol. The van der Waals surface area contributed by atoms with Crippen LogP contribution in [0, 0.1) is 17.8 Å². The molecule has 1 aromatic carbocycles. The predicted molar refractivity (Wildman–Crippen MR) is 134 cm³/mol. The van der Waals surface area contributed by atoms with Gasteiger partial charge in [-0.1, -0.05) is 77.1 Å². The van der Waals surface area contributed by atoms with Gasteiger partial charge in [-0.2, -0.15) is 0 Å². The minimum atomic E-state index is -0.641. The number of benzene rings is 1. The van der Waals surface area contributed by atoms with Crippen LogP contribution in [0.2, 0.25) is 0 Å². The molecule has 3 unspecified atom stereocenters. The smallest absolute Gasteiger partial charge is 0.303 e. The lowest BCUT2D eigenvalue weighted by molar-refractivity contribution is -0.138. The lowest BCUT2D eigenvalue weighted by Gasteiger charge is -2.45. The Kier molecular flexibility index (Phi) is 10.1. The summed E-state index contributed by atoms with van der Waals surface area (Å²) in [6.07, 6.45) is 15.6. The highest BCUT2D eigenvalue weighted by Crippen LogP contribution is 2.40. The zero-order valence-corrected chi connectivity index (χ0v) is 20.9. The fraction of sp³-hybridized carbons (Fsp3) is 0.759. The molecule has 32 heavy (non-hydrogen) atoms. The van der Waals surface area contributed by atoms with Crippen molar-refractivity contribution >= 4 is 5.97 Å². The van der Waals surface area contributed by atoms with Crippen molar-refractivity contribution in [2.24, 2.45) is 17.8 Å². The van der Waals surface area contributed by atoms with E-state index in [1.165, 1.54) is 68.9 Å². The minimum absolute atomic E-state index is 0.296. The standard InChI is InChI=1S/C29H47NO2/c1-4-7-23-11-14-26(15-12-23)28-20-25(21-29(31)32)18-19-30(28)27(16-10-22(2)3)17-13-24-8-5-6-9-24/h11-12,14-15,22,24-25,27-28H,4-10,13,16-21H2,1-3H3,(H,31,32). The first kappa shape index (κ1) is 25.3. The van der Waals surface area contributed by atoms with E-state index in [0.717, 1.165) is 37.6 Å². The monoisotopic (exact) mass is 441 g/mol. The van der Waals surface area contributed by atoms with Gasteiger partial charge in [-0.3, -0.25) is 9.69 Å². The summed E-state index contributed by atoms with van der Waals surface area (Å²) >= 11 is 0. The molecule has 1 aliphatic carbocycles. The number of aryl methyl sites for hydroxylation is 1. The number of likely N-dealkylation sites (tertiary alicyclic amines) is 1. The molecular formula is C29H47NO2. The van der Waals surface area contributed by atoms with E-state index in [1.807, 2.05) is 0 Å². The van der Waals surface area contributed by atoms with Gasteiger partial charge in [-0.25, -0.2) is 0 Å². The van der Waals surface area contributed by atoms with Gasteiger partial charge in [-0.15, -0.1) is 0 Å². The SMILES string of the molecule is CCCc1ccc(C2CC(CC(=O)O)CCN2C(CCC(C)C)CCC2CCCC2)cc1. The molecule has 3 rings (SSSR count). The lowest BCUT2D eigenvalue weighted by Crippen LogP contribution is -2.44. The van der Waals surface area contributed by atoms with E-state index in [1.54, 1.807) is 0 Å². The molecule has 1 saturated carbocycles. The van der Waals surface area contributed by atoms with E-state index in [4.69, 9.17) is 0 Å². The third-order valence-electron chi connectivity index (χ3n) is 8.05. The molecule has 3 heteroatoms. The molecule has 0 aromatic heterocycles. The Morgan fingerprint density at radius 1 is 1.03 bits per heavy atom. The zero-order valence-electron chi connectivity index (χ0n) is 20.9. The van der Waals surface area contributed by atoms with Gasteiger partial charge in [0.1, 0.15) is 0 Å². The van der Waals surface area contributed by atoms with Gasteiger partial charge in [0.05, 0.1) is 0 Å². The van der Waals surface area contributed by atoms with Crippen molar-refractivity contribution in [3.63, 3.8) is 0 Å². The van der Waals surface area contributed by atoms with E-state index < -0.39 is 5.97 Å². The molecule has 3 nitrogen and oxygen atoms in total. The minimum Gasteiger partial charge on any atom is -0.481 e. The number of aliphatic carboxylic acids is 1. The molecule has 2 aliphatic rings. The largest absolute Gasteiger partial charge is 0.481 e. The Morgan fingerprint density at radius 2 is 1.75 bits per heavy atom. The number of hydrogen-bond acceptors (Lipinski definition) is 2. The maximum absolute atomic E-state index is 11.5. The second kappa shape index (κ2) is 12.8. The summed E-state index contributed by atoms with van der Waals surface area (Å²) < 4.78 is 0. The molecule has 1 aliphatic heterocycles. The normalized spacial score (nSPS) is 23.6. The fourth-order valence-electron chi connectivity index (χ4n) is 6.18. The maximum Gasteiger partial charge on any atom is 0.303 e. The lowest BCUT2D eigenvalue weighted by atomic mass is 9.82. The quantitative estimate of drug-likeness (QED) is 0.362. The van der Waals surface area contributed by atoms with Crippen LogP contribution in [0.1, 0.15) is 115 Å². The topological polar surface area (TPSA) is 40.5 Å². The van der Waals surface area contributed by atoms with Gasteiger partial charge in [0, 0.05) is 18.5 Å². The summed E-state index contributed by atoms with van der Waals surface area (Å²) in [5.74, 6) is 1.33. The Labute approximate surface area is 197 Å². The van der Waals surface area contributed by atoms with Crippen LogP contribution in [-0.2, 0) is 11.2 Å². The molecule has 180 valence electrons. The van der Waals surface area contributed by atoms with Crippen molar-refractivity contribution in [1.82, 2.24) is 4.90 Å². The molecule has 1 aromatic rings. The highest BCUT2D eigenvalue weighted by atomic mass is 16.4. The molecule has 0 spiro atoms. The van der Waals surface area contributed by atoms with Crippen LogP contribution in [0.5, 0.6) is 0 Å². The van der Waals surface area contributed by atoms with Crippen molar-refractivity contribution in [2.75, 3.05) is 6.54 Å². The van der Waals surface area contributed by atoms with Crippen molar-refractivity contribution in [1.29, 1.82) is 0 Å². The van der Waals surface area contributed by atoms with Crippen LogP contribution in [-0.4, -0.2) is 28.6 Å². The first-order chi connectivity index (χ1) is 15.5. The van der Waals surface area contributed by atoms with Gasteiger partial charge in [-0.05, 0) is 80.4 Å². The van der Waals surface area contributed by atoms with Gasteiger partial charge < -0.3 is 5.11 Å². The number of nitrogens with zero attached hydrogens (tertiary/aromatic N) is 1. The molecule has 0 bridgehead atoms. The van der Waals surface area contributed by atoms with Crippen LogP contribution >= 0.6 is 0 Å². The highest BCUT2D eigenvalue weighted by Gasteiger charge is 2.35. The summed E-state index contributed by atoms with van der Waals surface area (Å²) in [4.78, 5) is 14.3. The zero-order chi connectivity index (χ0) is 22.9. The van der Waals surface area contributed by atoms with Crippen molar-refractivity contribution in [2.45, 2.75) is 116 Å². The molecule has 2 fully saturated rings. The van der Waals surface area contributed by atoms with Gasteiger partial charge in [0.15, 0.2) is 0 Å². The van der Waals surface area contributed by atoms with Gasteiger partial charge >= 0.3 is 5.97 Å². The molecule has 1 saturated heterocycles. The summed E-state index contributed by atoms with van der Waals surface area (Å²) in [5.41, 5.74) is 2.81. The number of piperidine rings is 1. The molecule has 1 heterocycles. The fourth-order valence-corrected chi connectivity index (χ4v) is 6.18. The summed E-state index contributed by atoms with van der Waals surface area (Å²) in [5, 5.41) is 9.43. The van der Waals surface area contributed by atoms with E-state index in [9.17, 15) is 9.90 Å². The molecule has 0 radical (unpaired) electrons. The van der Waals surface area contributed by atoms with Crippen molar-refractivity contribution in [3.05, 3.63) is 35.4 Å². The van der Waals surface area contributed by atoms with Crippen LogP contribution < -0.4 is 0 Å². The third-order valence-corrected chi connectivity index (χ3v) is 8.05. The second-order valence-corrected chi connectivity index (χ2v) is 11.1.